The fourth-order valence-corrected chi connectivity index (χ4v) is 5.74. The summed E-state index contributed by atoms with van der Waals surface area (Å²) in [5.74, 6) is 0. The van der Waals surface area contributed by atoms with Gasteiger partial charge >= 0.3 is 0 Å². The molecule has 0 spiro atoms. The van der Waals surface area contributed by atoms with E-state index in [9.17, 15) is 0 Å². The molecular formula is C8H29ClO3Si5. The predicted molar refractivity (Wildman–Crippen MR) is 91.8 cm³/mol. The molecule has 0 aromatic heterocycles. The third-order valence-corrected chi connectivity index (χ3v) is 10.4. The third-order valence-electron chi connectivity index (χ3n) is 1.15. The lowest BCUT2D eigenvalue weighted by Crippen LogP contribution is -2.32. The van der Waals surface area contributed by atoms with Crippen molar-refractivity contribution in [2.75, 3.05) is 0 Å². The summed E-state index contributed by atoms with van der Waals surface area (Å²) in [6, 6.07) is 0. The summed E-state index contributed by atoms with van der Waals surface area (Å²) in [5.41, 5.74) is 0. The van der Waals surface area contributed by atoms with Crippen molar-refractivity contribution in [3.8, 4) is 0 Å². The number of hydrogen-bond acceptors (Lipinski definition) is 3. The standard InChI is InChI=1S/C6H22O3Si4.C2H7ClSi/c1-12(2,3)8-10-7-11-9-13(4,5)6;1-4(2)3/h10-11H2,1-6H3;4H,1-2H3. The summed E-state index contributed by atoms with van der Waals surface area (Å²) >= 11 is 5.41. The van der Waals surface area contributed by atoms with Gasteiger partial charge in [-0.25, -0.2) is 0 Å². The summed E-state index contributed by atoms with van der Waals surface area (Å²) in [4.78, 5) is 0. The predicted octanol–water partition coefficient (Wildman–Crippen LogP) is 1.91. The molecule has 0 radical (unpaired) electrons. The molecule has 0 unspecified atom stereocenters. The summed E-state index contributed by atoms with van der Waals surface area (Å²) in [7, 11) is -4.83. The van der Waals surface area contributed by atoms with E-state index in [1.807, 2.05) is 0 Å². The van der Waals surface area contributed by atoms with Gasteiger partial charge in [0.05, 0.1) is 0 Å². The zero-order chi connectivity index (χ0) is 14.1. The first-order chi connectivity index (χ1) is 7.44. The van der Waals surface area contributed by atoms with Gasteiger partial charge in [-0.15, -0.1) is 0 Å². The highest BCUT2D eigenvalue weighted by Gasteiger charge is 2.15. The van der Waals surface area contributed by atoms with Crippen LogP contribution in [0, 0.1) is 0 Å². The largest absolute Gasteiger partial charge is 0.441 e. The van der Waals surface area contributed by atoms with E-state index < -0.39 is 44.8 Å². The van der Waals surface area contributed by atoms with Crippen molar-refractivity contribution >= 4 is 55.8 Å². The molecule has 3 nitrogen and oxygen atoms in total. The van der Waals surface area contributed by atoms with Gasteiger partial charge in [0.15, 0.2) is 16.6 Å². The third kappa shape index (κ3) is 31.7. The van der Waals surface area contributed by atoms with Crippen molar-refractivity contribution in [3.05, 3.63) is 0 Å². The fourth-order valence-electron chi connectivity index (χ4n) is 0.471. The molecule has 17 heavy (non-hydrogen) atoms. The van der Waals surface area contributed by atoms with E-state index in [-0.39, 0.29) is 0 Å². The van der Waals surface area contributed by atoms with Gasteiger partial charge < -0.3 is 12.3 Å². The van der Waals surface area contributed by atoms with Gasteiger partial charge in [0.2, 0.25) is 0 Å². The van der Waals surface area contributed by atoms with Crippen LogP contribution in [0.25, 0.3) is 0 Å². The van der Waals surface area contributed by atoms with Crippen LogP contribution in [0.1, 0.15) is 0 Å². The molecular weight excluding hydrogens is 320 g/mol. The Labute approximate surface area is 120 Å². The van der Waals surface area contributed by atoms with Crippen LogP contribution in [0.3, 0.4) is 0 Å². The highest BCUT2D eigenvalue weighted by atomic mass is 35.6. The first-order valence-corrected chi connectivity index (χ1v) is 19.1. The van der Waals surface area contributed by atoms with Crippen LogP contribution in [-0.2, 0) is 12.3 Å². The molecule has 9 heteroatoms. The normalized spacial score (nSPS) is 13.8. The summed E-state index contributed by atoms with van der Waals surface area (Å²) < 4.78 is 16.8. The lowest BCUT2D eigenvalue weighted by Gasteiger charge is -2.20. The van der Waals surface area contributed by atoms with E-state index >= 15 is 0 Å². The first-order valence-electron chi connectivity index (χ1n) is 5.94. The maximum atomic E-state index is 5.67. The molecule has 0 aliphatic rings. The maximum Gasteiger partial charge on any atom is 0.284 e. The maximum absolute atomic E-state index is 5.67. The lowest BCUT2D eigenvalue weighted by atomic mass is 11.8. The molecule has 0 atom stereocenters. The Morgan fingerprint density at radius 1 is 0.824 bits per heavy atom. The molecule has 0 bridgehead atoms. The molecule has 0 aliphatic carbocycles. The van der Waals surface area contributed by atoms with Gasteiger partial charge in [0.25, 0.3) is 20.0 Å². The van der Waals surface area contributed by atoms with Crippen LogP contribution in [0.5, 0.6) is 0 Å². The van der Waals surface area contributed by atoms with Crippen molar-refractivity contribution in [1.82, 2.24) is 0 Å². The van der Waals surface area contributed by atoms with Gasteiger partial charge in [0, 0.05) is 0 Å². The minimum atomic E-state index is -1.34. The SMILES string of the molecule is C[SiH](C)Cl.C[Si](C)(C)O[SiH2]O[SiH2]O[Si](C)(C)C. The van der Waals surface area contributed by atoms with E-state index in [0.29, 0.717) is 0 Å². The second-order valence-electron chi connectivity index (χ2n) is 5.97. The average molecular weight is 349 g/mol. The molecule has 0 amide bonds. The van der Waals surface area contributed by atoms with Gasteiger partial charge in [0.1, 0.15) is 8.11 Å². The van der Waals surface area contributed by atoms with Crippen LogP contribution in [0.4, 0.5) is 0 Å². The molecule has 0 aromatic rings. The average Bonchev–Trinajstić information content (AvgIpc) is 1.97. The van der Waals surface area contributed by atoms with E-state index in [1.54, 1.807) is 0 Å². The molecule has 0 aliphatic heterocycles. The minimum absolute atomic E-state index is 0.667. The van der Waals surface area contributed by atoms with Crippen molar-refractivity contribution in [3.63, 3.8) is 0 Å². The van der Waals surface area contributed by atoms with Crippen LogP contribution in [-0.4, -0.2) is 44.8 Å². The smallest absolute Gasteiger partial charge is 0.284 e. The Morgan fingerprint density at radius 3 is 1.24 bits per heavy atom. The number of rotatable bonds is 6. The van der Waals surface area contributed by atoms with Crippen molar-refractivity contribution < 1.29 is 12.3 Å². The summed E-state index contributed by atoms with van der Waals surface area (Å²) in [5, 5.41) is 0. The molecule has 106 valence electrons. The minimum Gasteiger partial charge on any atom is -0.441 e. The van der Waals surface area contributed by atoms with E-state index in [4.69, 9.17) is 23.4 Å². The highest BCUT2D eigenvalue weighted by molar-refractivity contribution is 7.05. The molecule has 0 aromatic carbocycles. The van der Waals surface area contributed by atoms with Crippen molar-refractivity contribution in [1.29, 1.82) is 0 Å². The molecule has 0 saturated carbocycles. The van der Waals surface area contributed by atoms with Crippen LogP contribution in [0.2, 0.25) is 52.4 Å². The van der Waals surface area contributed by atoms with Gasteiger partial charge in [-0.2, -0.15) is 11.1 Å². The topological polar surface area (TPSA) is 27.7 Å². The van der Waals surface area contributed by atoms with E-state index in [0.717, 1.165) is 0 Å². The Morgan fingerprint density at radius 2 is 1.06 bits per heavy atom. The zero-order valence-corrected chi connectivity index (χ0v) is 19.3. The Hall–Kier alpha value is 1.25. The molecule has 0 saturated heterocycles. The monoisotopic (exact) mass is 348 g/mol. The molecule has 0 heterocycles. The van der Waals surface area contributed by atoms with Crippen molar-refractivity contribution in [2.24, 2.45) is 0 Å². The Balaban J connectivity index is 0. The summed E-state index contributed by atoms with van der Waals surface area (Å²) in [6.07, 6.45) is 0. The van der Waals surface area contributed by atoms with E-state index in [2.05, 4.69) is 52.4 Å². The Kier molecular flexibility index (Phi) is 12.2. The molecule has 0 fully saturated rings. The van der Waals surface area contributed by atoms with Gasteiger partial charge in [-0.3, -0.25) is 0 Å². The highest BCUT2D eigenvalue weighted by Crippen LogP contribution is 2.02. The summed E-state index contributed by atoms with van der Waals surface area (Å²) in [6.45, 7) is 17.3. The Bertz CT molecular complexity index is 162. The number of halogens is 1. The van der Waals surface area contributed by atoms with Crippen LogP contribution < -0.4 is 0 Å². The first kappa shape index (κ1) is 20.6. The quantitative estimate of drug-likeness (QED) is 0.417. The zero-order valence-electron chi connectivity index (χ0n) is 12.6. The van der Waals surface area contributed by atoms with Crippen LogP contribution >= 0.6 is 11.1 Å². The van der Waals surface area contributed by atoms with Gasteiger partial charge in [-0.1, -0.05) is 13.1 Å². The van der Waals surface area contributed by atoms with Crippen molar-refractivity contribution in [2.45, 2.75) is 52.4 Å². The van der Waals surface area contributed by atoms with E-state index in [1.165, 1.54) is 0 Å². The lowest BCUT2D eigenvalue weighted by molar-refractivity contribution is 0.415. The molecule has 0 N–H and O–H groups in total. The van der Waals surface area contributed by atoms with Crippen LogP contribution in [0.15, 0.2) is 0 Å². The second kappa shape index (κ2) is 10.1. The second-order valence-corrected chi connectivity index (χ2v) is 23.5. The van der Waals surface area contributed by atoms with Gasteiger partial charge in [-0.05, 0) is 39.3 Å². The number of hydrogen-bond donors (Lipinski definition) is 0. The molecule has 0 rings (SSSR count). The fraction of sp³-hybridized carbons (Fsp3) is 1.00.